The first-order valence-electron chi connectivity index (χ1n) is 4.31. The van der Waals surface area contributed by atoms with E-state index in [4.69, 9.17) is 4.74 Å². The molecule has 0 aliphatic carbocycles. The first kappa shape index (κ1) is 11.1. The zero-order chi connectivity index (χ0) is 8.53. The van der Waals surface area contributed by atoms with Crippen LogP contribution in [-0.4, -0.2) is 47.9 Å². The van der Waals surface area contributed by atoms with Crippen LogP contribution in [0.5, 0.6) is 0 Å². The molecular formula is C8H20NOSi. The maximum absolute atomic E-state index is 5.26. The Hall–Kier alpha value is 0.137. The highest BCUT2D eigenvalue weighted by atomic mass is 28.2. The van der Waals surface area contributed by atoms with Crippen LogP contribution in [-0.2, 0) is 4.74 Å². The number of rotatable bonds is 7. The average Bonchev–Trinajstić information content (AvgIpc) is 1.96. The van der Waals surface area contributed by atoms with Crippen LogP contribution >= 0.6 is 0 Å². The van der Waals surface area contributed by atoms with Crippen LogP contribution in [0.3, 0.4) is 0 Å². The highest BCUT2D eigenvalue weighted by Crippen LogP contribution is 1.90. The summed E-state index contributed by atoms with van der Waals surface area (Å²) in [7, 11) is 4.79. The maximum atomic E-state index is 5.26. The van der Waals surface area contributed by atoms with Gasteiger partial charge in [0.25, 0.3) is 0 Å². The lowest BCUT2D eigenvalue weighted by Crippen LogP contribution is -2.14. The van der Waals surface area contributed by atoms with E-state index in [1.807, 2.05) is 0 Å². The van der Waals surface area contributed by atoms with Crippen LogP contribution in [0.4, 0.5) is 0 Å². The summed E-state index contributed by atoms with van der Waals surface area (Å²) in [5.41, 5.74) is 0. The standard InChI is InChI=1S/C8H20NOSi/c1-4-10-8-11-7-5-6-9(2)3/h11H,4-8H2,1-3H3. The van der Waals surface area contributed by atoms with Crippen molar-refractivity contribution in [3.05, 3.63) is 0 Å². The van der Waals surface area contributed by atoms with Crippen molar-refractivity contribution in [3.8, 4) is 0 Å². The molecule has 11 heavy (non-hydrogen) atoms. The number of ether oxygens (including phenoxy) is 1. The summed E-state index contributed by atoms with van der Waals surface area (Å²) in [6.07, 6.45) is 2.35. The van der Waals surface area contributed by atoms with Crippen molar-refractivity contribution in [2.75, 3.05) is 33.5 Å². The van der Waals surface area contributed by atoms with E-state index in [0.29, 0.717) is 9.52 Å². The second-order valence-electron chi connectivity index (χ2n) is 2.89. The van der Waals surface area contributed by atoms with Crippen LogP contribution in [0.25, 0.3) is 0 Å². The smallest absolute Gasteiger partial charge is 0.0617 e. The van der Waals surface area contributed by atoms with Crippen LogP contribution < -0.4 is 0 Å². The van der Waals surface area contributed by atoms with Crippen LogP contribution in [0.15, 0.2) is 0 Å². The predicted molar refractivity (Wildman–Crippen MR) is 51.6 cm³/mol. The summed E-state index contributed by atoms with van der Waals surface area (Å²) >= 11 is 0. The van der Waals surface area contributed by atoms with Gasteiger partial charge in [0.1, 0.15) is 0 Å². The molecule has 0 aromatic rings. The summed E-state index contributed by atoms with van der Waals surface area (Å²) in [6.45, 7) is 4.15. The minimum absolute atomic E-state index is 0.549. The molecule has 0 aromatic heterocycles. The van der Waals surface area contributed by atoms with Gasteiger partial charge in [0.15, 0.2) is 0 Å². The molecule has 0 amide bonds. The van der Waals surface area contributed by atoms with Gasteiger partial charge in [0, 0.05) is 12.8 Å². The molecule has 67 valence electrons. The summed E-state index contributed by atoms with van der Waals surface area (Å²) in [4.78, 5) is 2.24. The molecule has 0 atom stereocenters. The molecule has 0 rings (SSSR count). The fraction of sp³-hybridized carbons (Fsp3) is 1.00. The number of hydrogen-bond donors (Lipinski definition) is 0. The summed E-state index contributed by atoms with van der Waals surface area (Å²) in [6, 6.07) is 1.37. The molecule has 0 unspecified atom stereocenters. The molecule has 3 heteroatoms. The average molecular weight is 174 g/mol. The highest BCUT2D eigenvalue weighted by Gasteiger charge is 1.91. The van der Waals surface area contributed by atoms with Crippen LogP contribution in [0.1, 0.15) is 13.3 Å². The van der Waals surface area contributed by atoms with Crippen molar-refractivity contribution in [2.24, 2.45) is 0 Å². The van der Waals surface area contributed by atoms with E-state index in [0.717, 1.165) is 12.8 Å². The third-order valence-electron chi connectivity index (χ3n) is 1.45. The molecule has 2 nitrogen and oxygen atoms in total. The fourth-order valence-electron chi connectivity index (χ4n) is 0.836. The van der Waals surface area contributed by atoms with Gasteiger partial charge in [-0.05, 0) is 34.0 Å². The largest absolute Gasteiger partial charge is 0.386 e. The second kappa shape index (κ2) is 8.24. The molecule has 0 fully saturated rings. The van der Waals surface area contributed by atoms with Crippen LogP contribution in [0.2, 0.25) is 6.04 Å². The molecule has 0 saturated carbocycles. The molecule has 0 aliphatic rings. The van der Waals surface area contributed by atoms with Gasteiger partial charge in [-0.25, -0.2) is 0 Å². The summed E-state index contributed by atoms with van der Waals surface area (Å²) < 4.78 is 5.26. The van der Waals surface area contributed by atoms with E-state index >= 15 is 0 Å². The molecule has 0 heterocycles. The van der Waals surface area contributed by atoms with Crippen molar-refractivity contribution in [2.45, 2.75) is 19.4 Å². The predicted octanol–water partition coefficient (Wildman–Crippen LogP) is 0.787. The van der Waals surface area contributed by atoms with E-state index in [1.54, 1.807) is 0 Å². The third-order valence-corrected chi connectivity index (χ3v) is 2.74. The van der Waals surface area contributed by atoms with Gasteiger partial charge in [-0.2, -0.15) is 0 Å². The Morgan fingerprint density at radius 2 is 2.09 bits per heavy atom. The van der Waals surface area contributed by atoms with E-state index in [-0.39, 0.29) is 0 Å². The van der Waals surface area contributed by atoms with Crippen molar-refractivity contribution < 1.29 is 4.74 Å². The molecule has 1 radical (unpaired) electrons. The molecular weight excluding hydrogens is 154 g/mol. The van der Waals surface area contributed by atoms with Crippen molar-refractivity contribution in [1.82, 2.24) is 4.90 Å². The molecule has 0 aromatic carbocycles. The first-order valence-corrected chi connectivity index (χ1v) is 5.94. The zero-order valence-electron chi connectivity index (χ0n) is 7.97. The Kier molecular flexibility index (Phi) is 8.34. The summed E-state index contributed by atoms with van der Waals surface area (Å²) in [5.74, 6) is 0. The van der Waals surface area contributed by atoms with Crippen LogP contribution in [0, 0.1) is 0 Å². The quantitative estimate of drug-likeness (QED) is 0.418. The third kappa shape index (κ3) is 10.1. The Labute approximate surface area is 72.7 Å². The molecule has 0 N–H and O–H groups in total. The van der Waals surface area contributed by atoms with Gasteiger partial charge < -0.3 is 9.64 Å². The van der Waals surface area contributed by atoms with Crippen molar-refractivity contribution in [1.29, 1.82) is 0 Å². The topological polar surface area (TPSA) is 12.5 Å². The Balaban J connectivity index is 2.80. The minimum Gasteiger partial charge on any atom is -0.386 e. The Morgan fingerprint density at radius 1 is 1.36 bits per heavy atom. The highest BCUT2D eigenvalue weighted by molar-refractivity contribution is 6.35. The lowest BCUT2D eigenvalue weighted by molar-refractivity contribution is 0.192. The normalized spacial score (nSPS) is 10.9. The summed E-state index contributed by atoms with van der Waals surface area (Å²) in [5, 5.41) is 0. The Bertz CT molecular complexity index is 78.5. The van der Waals surface area contributed by atoms with E-state index in [1.165, 1.54) is 19.0 Å². The zero-order valence-corrected chi connectivity index (χ0v) is 9.12. The molecule has 0 aliphatic heterocycles. The lowest BCUT2D eigenvalue weighted by Gasteiger charge is -2.07. The Morgan fingerprint density at radius 3 is 2.64 bits per heavy atom. The first-order chi connectivity index (χ1) is 5.27. The van der Waals surface area contributed by atoms with Gasteiger partial charge in [-0.15, -0.1) is 0 Å². The maximum Gasteiger partial charge on any atom is 0.0617 e. The molecule has 0 bridgehead atoms. The molecule has 0 saturated heterocycles. The van der Waals surface area contributed by atoms with Gasteiger partial charge in [0.05, 0.1) is 9.52 Å². The van der Waals surface area contributed by atoms with E-state index in [9.17, 15) is 0 Å². The van der Waals surface area contributed by atoms with Gasteiger partial charge in [-0.1, -0.05) is 6.04 Å². The van der Waals surface area contributed by atoms with Crippen molar-refractivity contribution in [3.63, 3.8) is 0 Å². The lowest BCUT2D eigenvalue weighted by atomic mass is 10.5. The SMILES string of the molecule is CCOC[SiH]CCCN(C)C. The van der Waals surface area contributed by atoms with Gasteiger partial charge in [0.2, 0.25) is 0 Å². The number of nitrogens with zero attached hydrogens (tertiary/aromatic N) is 1. The minimum atomic E-state index is 0.549. The van der Waals surface area contributed by atoms with Gasteiger partial charge in [-0.3, -0.25) is 0 Å². The fourth-order valence-corrected chi connectivity index (χ4v) is 1.88. The van der Waals surface area contributed by atoms with E-state index < -0.39 is 0 Å². The second-order valence-corrected chi connectivity index (χ2v) is 4.38. The molecule has 0 spiro atoms. The monoisotopic (exact) mass is 174 g/mol. The number of hydrogen-bond acceptors (Lipinski definition) is 2. The van der Waals surface area contributed by atoms with Gasteiger partial charge >= 0.3 is 0 Å². The van der Waals surface area contributed by atoms with Crippen molar-refractivity contribution >= 4 is 9.52 Å². The van der Waals surface area contributed by atoms with E-state index in [2.05, 4.69) is 25.9 Å².